The Labute approximate surface area is 202 Å². The maximum absolute atomic E-state index is 13.0. The van der Waals surface area contributed by atoms with E-state index in [-0.39, 0.29) is 5.43 Å². The largest absolute Gasteiger partial charge is 0.451 e. The van der Waals surface area contributed by atoms with Crippen LogP contribution in [0.5, 0.6) is 0 Å². The number of halogens is 1. The molecule has 2 aliphatic rings. The maximum Gasteiger partial charge on any atom is 0.210 e. The van der Waals surface area contributed by atoms with Crippen molar-refractivity contribution >= 4 is 50.6 Å². The van der Waals surface area contributed by atoms with E-state index in [2.05, 4.69) is 47.1 Å². The Morgan fingerprint density at radius 2 is 1.38 bits per heavy atom. The first kappa shape index (κ1) is 21.3. The van der Waals surface area contributed by atoms with Crippen LogP contribution in [-0.2, 0) is 0 Å². The van der Waals surface area contributed by atoms with Crippen molar-refractivity contribution in [3.63, 3.8) is 0 Å². The van der Waals surface area contributed by atoms with Crippen molar-refractivity contribution in [2.45, 2.75) is 33.4 Å². The van der Waals surface area contributed by atoms with Gasteiger partial charge in [-0.05, 0) is 78.3 Å². The van der Waals surface area contributed by atoms with E-state index in [9.17, 15) is 4.79 Å². The van der Waals surface area contributed by atoms with Crippen LogP contribution in [0.15, 0.2) is 106 Å². The summed E-state index contributed by atoms with van der Waals surface area (Å²) in [5, 5.41) is 0. The molecule has 0 saturated carbocycles. The summed E-state index contributed by atoms with van der Waals surface area (Å²) in [4.78, 5) is 21.6. The van der Waals surface area contributed by atoms with Gasteiger partial charge in [0.1, 0.15) is 15.7 Å². The molecule has 1 aliphatic carbocycles. The molecular formula is C26H18BrNO2S2. The van der Waals surface area contributed by atoms with Gasteiger partial charge in [-0.1, -0.05) is 58.9 Å². The molecule has 0 spiro atoms. The van der Waals surface area contributed by atoms with Gasteiger partial charge >= 0.3 is 0 Å². The highest BCUT2D eigenvalue weighted by Crippen LogP contribution is 2.36. The van der Waals surface area contributed by atoms with Crippen LogP contribution in [-0.4, -0.2) is 4.98 Å². The number of fused-ring (bicyclic) bond motifs is 2. The van der Waals surface area contributed by atoms with Crippen LogP contribution in [0, 0.1) is 13.8 Å². The lowest BCUT2D eigenvalue weighted by molar-refractivity contribution is 0.607. The SMILES string of the molecule is Cc1ccc(Sc2ccc3nc4cc(Sc5ccc(C)cc5)c(=O)c(Br)c-4oc3c2)cc1. The predicted octanol–water partition coefficient (Wildman–Crippen LogP) is 7.97. The zero-order chi connectivity index (χ0) is 22.2. The van der Waals surface area contributed by atoms with Gasteiger partial charge in [0.25, 0.3) is 0 Å². The Hall–Kier alpha value is -2.54. The summed E-state index contributed by atoms with van der Waals surface area (Å²) in [5.74, 6) is 0.466. The lowest BCUT2D eigenvalue weighted by Crippen LogP contribution is -2.08. The van der Waals surface area contributed by atoms with Gasteiger partial charge in [0.2, 0.25) is 5.43 Å². The monoisotopic (exact) mass is 519 g/mol. The van der Waals surface area contributed by atoms with Crippen LogP contribution in [0.4, 0.5) is 0 Å². The molecule has 0 unspecified atom stereocenters. The van der Waals surface area contributed by atoms with Crippen molar-refractivity contribution in [1.82, 2.24) is 4.98 Å². The van der Waals surface area contributed by atoms with E-state index >= 15 is 0 Å². The van der Waals surface area contributed by atoms with Crippen LogP contribution in [0.25, 0.3) is 22.6 Å². The Bertz CT molecular complexity index is 1460. The molecule has 32 heavy (non-hydrogen) atoms. The first-order chi connectivity index (χ1) is 15.5. The zero-order valence-corrected chi connectivity index (χ0v) is 20.6. The van der Waals surface area contributed by atoms with E-state index < -0.39 is 0 Å². The van der Waals surface area contributed by atoms with E-state index in [1.807, 2.05) is 55.5 Å². The molecule has 5 rings (SSSR count). The lowest BCUT2D eigenvalue weighted by Gasteiger charge is -2.11. The number of benzene rings is 4. The minimum atomic E-state index is -0.0989. The average Bonchev–Trinajstić information content (AvgIpc) is 2.79. The fraction of sp³-hybridized carbons (Fsp3) is 0.0769. The molecule has 0 amide bonds. The summed E-state index contributed by atoms with van der Waals surface area (Å²) in [5.41, 5.74) is 4.37. The van der Waals surface area contributed by atoms with Gasteiger partial charge in [-0.3, -0.25) is 4.79 Å². The van der Waals surface area contributed by atoms with Gasteiger partial charge in [0, 0.05) is 14.7 Å². The van der Waals surface area contributed by atoms with Crippen LogP contribution >= 0.6 is 39.5 Å². The van der Waals surface area contributed by atoms with Crippen molar-refractivity contribution in [2.75, 3.05) is 0 Å². The quantitative estimate of drug-likeness (QED) is 0.225. The van der Waals surface area contributed by atoms with Gasteiger partial charge in [0.05, 0.1) is 4.90 Å². The number of hydrogen-bond donors (Lipinski definition) is 0. The molecule has 158 valence electrons. The number of rotatable bonds is 4. The van der Waals surface area contributed by atoms with Crippen molar-refractivity contribution in [2.24, 2.45) is 0 Å². The Balaban J connectivity index is 1.54. The fourth-order valence-electron chi connectivity index (χ4n) is 3.28. The van der Waals surface area contributed by atoms with Crippen LogP contribution in [0.1, 0.15) is 11.1 Å². The smallest absolute Gasteiger partial charge is 0.210 e. The molecule has 0 saturated heterocycles. The molecular weight excluding hydrogens is 502 g/mol. The molecule has 1 aliphatic heterocycles. The summed E-state index contributed by atoms with van der Waals surface area (Å²) < 4.78 is 6.54. The van der Waals surface area contributed by atoms with E-state index in [4.69, 9.17) is 9.40 Å². The Morgan fingerprint density at radius 3 is 2.03 bits per heavy atom. The highest BCUT2D eigenvalue weighted by atomic mass is 79.9. The molecule has 3 aromatic carbocycles. The first-order valence-corrected chi connectivity index (χ1v) is 12.4. The maximum atomic E-state index is 13.0. The van der Waals surface area contributed by atoms with Gasteiger partial charge in [0.15, 0.2) is 11.3 Å². The van der Waals surface area contributed by atoms with Crippen LogP contribution in [0.2, 0.25) is 0 Å². The molecule has 0 atom stereocenters. The van der Waals surface area contributed by atoms with Crippen LogP contribution in [0.3, 0.4) is 0 Å². The molecule has 0 aromatic heterocycles. The first-order valence-electron chi connectivity index (χ1n) is 10.0. The topological polar surface area (TPSA) is 43.1 Å². The summed E-state index contributed by atoms with van der Waals surface area (Å²) in [6, 6.07) is 24.3. The number of aromatic nitrogens is 1. The molecule has 3 aromatic rings. The molecule has 6 heteroatoms. The van der Waals surface area contributed by atoms with Gasteiger partial charge in [-0.2, -0.15) is 0 Å². The van der Waals surface area contributed by atoms with Crippen molar-refractivity contribution in [3.8, 4) is 11.5 Å². The predicted molar refractivity (Wildman–Crippen MR) is 135 cm³/mol. The summed E-state index contributed by atoms with van der Waals surface area (Å²) in [6.07, 6.45) is 0. The highest BCUT2D eigenvalue weighted by molar-refractivity contribution is 9.10. The highest BCUT2D eigenvalue weighted by Gasteiger charge is 2.20. The Morgan fingerprint density at radius 1 is 0.781 bits per heavy atom. The zero-order valence-electron chi connectivity index (χ0n) is 17.4. The van der Waals surface area contributed by atoms with Crippen molar-refractivity contribution in [1.29, 1.82) is 0 Å². The normalized spacial score (nSPS) is 11.3. The van der Waals surface area contributed by atoms with Crippen molar-refractivity contribution in [3.05, 3.63) is 98.6 Å². The average molecular weight is 520 g/mol. The molecule has 0 bridgehead atoms. The lowest BCUT2D eigenvalue weighted by atomic mass is 10.2. The number of hydrogen-bond acceptors (Lipinski definition) is 5. The second-order valence-electron chi connectivity index (χ2n) is 7.54. The number of aryl methyl sites for hydroxylation is 2. The molecule has 1 heterocycles. The Kier molecular flexibility index (Phi) is 5.84. The fourth-order valence-corrected chi connectivity index (χ4v) is 5.65. The number of nitrogens with zero attached hydrogens (tertiary/aromatic N) is 1. The van der Waals surface area contributed by atoms with E-state index in [1.165, 1.54) is 22.9 Å². The summed E-state index contributed by atoms with van der Waals surface area (Å²) >= 11 is 6.56. The molecule has 3 nitrogen and oxygen atoms in total. The second kappa shape index (κ2) is 8.77. The minimum Gasteiger partial charge on any atom is -0.451 e. The van der Waals surface area contributed by atoms with Crippen molar-refractivity contribution < 1.29 is 4.42 Å². The minimum absolute atomic E-state index is 0.0989. The third-order valence-electron chi connectivity index (χ3n) is 5.01. The molecule has 0 fully saturated rings. The summed E-state index contributed by atoms with van der Waals surface area (Å²) in [7, 11) is 0. The van der Waals surface area contributed by atoms with E-state index in [1.54, 1.807) is 11.8 Å². The molecule has 0 N–H and O–H groups in total. The van der Waals surface area contributed by atoms with Crippen LogP contribution < -0.4 is 5.43 Å². The van der Waals surface area contributed by atoms with Gasteiger partial charge in [-0.15, -0.1) is 0 Å². The standard InChI is InChI=1S/C26H18BrNO2S2/c1-15-3-7-17(8-4-15)31-19-11-12-20-22(13-19)30-26-21(28-20)14-23(25(29)24(26)27)32-18-9-5-16(2)6-10-18/h3-14H,1-2H3. The molecule has 0 radical (unpaired) electrons. The summed E-state index contributed by atoms with van der Waals surface area (Å²) in [6.45, 7) is 4.12. The van der Waals surface area contributed by atoms with E-state index in [0.717, 1.165) is 20.2 Å². The van der Waals surface area contributed by atoms with Gasteiger partial charge < -0.3 is 4.42 Å². The van der Waals surface area contributed by atoms with Gasteiger partial charge in [-0.25, -0.2) is 4.98 Å². The van der Waals surface area contributed by atoms with E-state index in [0.29, 0.717) is 26.4 Å². The third kappa shape index (κ3) is 4.35. The third-order valence-corrected chi connectivity index (χ3v) is 7.76. The second-order valence-corrected chi connectivity index (χ2v) is 10.6.